The summed E-state index contributed by atoms with van der Waals surface area (Å²) in [5.41, 5.74) is 2.78. The Morgan fingerprint density at radius 3 is 2.53 bits per heavy atom. The quantitative estimate of drug-likeness (QED) is 0.587. The van der Waals surface area contributed by atoms with Gasteiger partial charge in [0.25, 0.3) is 0 Å². The van der Waals surface area contributed by atoms with E-state index >= 15 is 0 Å². The summed E-state index contributed by atoms with van der Waals surface area (Å²) in [5.74, 6) is 2.37. The van der Waals surface area contributed by atoms with Crippen LogP contribution in [0.5, 0.6) is 11.5 Å². The van der Waals surface area contributed by atoms with E-state index in [1.807, 2.05) is 24.3 Å². The molecule has 2 aromatic carbocycles. The second kappa shape index (κ2) is 9.39. The van der Waals surface area contributed by atoms with Gasteiger partial charge in [-0.3, -0.25) is 4.99 Å². The molecule has 0 radical (unpaired) electrons. The number of hydrogen-bond donors (Lipinski definition) is 2. The van der Waals surface area contributed by atoms with E-state index in [1.165, 1.54) is 11.1 Å². The number of benzene rings is 2. The second-order valence-electron chi connectivity index (χ2n) is 8.01. The van der Waals surface area contributed by atoms with Crippen LogP contribution in [-0.2, 0) is 10.2 Å². The Kier molecular flexibility index (Phi) is 6.43. The van der Waals surface area contributed by atoms with Crippen LogP contribution < -0.4 is 20.1 Å². The van der Waals surface area contributed by atoms with E-state index < -0.39 is 0 Å². The van der Waals surface area contributed by atoms with Gasteiger partial charge in [-0.2, -0.15) is 0 Å². The number of nitrogens with zero attached hydrogens (tertiary/aromatic N) is 1. The molecule has 0 spiro atoms. The van der Waals surface area contributed by atoms with Gasteiger partial charge in [0.1, 0.15) is 12.7 Å². The maximum atomic E-state index is 6.04. The van der Waals surface area contributed by atoms with Gasteiger partial charge < -0.3 is 24.8 Å². The molecule has 0 aliphatic carbocycles. The van der Waals surface area contributed by atoms with Gasteiger partial charge in [-0.15, -0.1) is 0 Å². The van der Waals surface area contributed by atoms with Crippen molar-refractivity contribution in [2.75, 3.05) is 40.0 Å². The minimum atomic E-state index is -0.0631. The number of fused-ring (bicyclic) bond motifs is 1. The molecule has 0 amide bonds. The first-order valence-corrected chi connectivity index (χ1v) is 10.7. The highest BCUT2D eigenvalue weighted by molar-refractivity contribution is 5.79. The summed E-state index contributed by atoms with van der Waals surface area (Å²) in [6.45, 7) is 5.72. The molecule has 1 atom stereocenters. The molecule has 1 saturated heterocycles. The number of nitrogens with one attached hydrogen (secondary N) is 2. The van der Waals surface area contributed by atoms with E-state index in [2.05, 4.69) is 46.8 Å². The Morgan fingerprint density at radius 1 is 1.03 bits per heavy atom. The third-order valence-corrected chi connectivity index (χ3v) is 6.05. The van der Waals surface area contributed by atoms with Crippen LogP contribution in [0.1, 0.15) is 24.0 Å². The second-order valence-corrected chi connectivity index (χ2v) is 8.01. The summed E-state index contributed by atoms with van der Waals surface area (Å²) in [4.78, 5) is 4.42. The van der Waals surface area contributed by atoms with Crippen LogP contribution in [0.2, 0.25) is 0 Å². The van der Waals surface area contributed by atoms with Crippen molar-refractivity contribution in [3.8, 4) is 11.5 Å². The van der Waals surface area contributed by atoms with Gasteiger partial charge in [0.2, 0.25) is 0 Å². The lowest BCUT2D eigenvalue weighted by Crippen LogP contribution is -2.50. The molecule has 0 saturated carbocycles. The van der Waals surface area contributed by atoms with Gasteiger partial charge in [-0.05, 0) is 43.0 Å². The van der Waals surface area contributed by atoms with Crippen molar-refractivity contribution in [3.63, 3.8) is 0 Å². The predicted molar refractivity (Wildman–Crippen MR) is 119 cm³/mol. The molecule has 0 bridgehead atoms. The van der Waals surface area contributed by atoms with Crippen molar-refractivity contribution in [3.05, 3.63) is 59.7 Å². The molecule has 2 aliphatic rings. The fraction of sp³-hybridized carbons (Fsp3) is 0.458. The standard InChI is InChI=1S/C24H31N3O3/c1-18-7-3-4-8-20(18)24(11-13-28-14-12-24)17-27-23(25-2)26-15-19-16-29-21-9-5-6-10-22(21)30-19/h3-10,19H,11-17H2,1-2H3,(H2,25,26,27). The fourth-order valence-corrected chi connectivity index (χ4v) is 4.32. The summed E-state index contributed by atoms with van der Waals surface area (Å²) in [6, 6.07) is 16.4. The average molecular weight is 410 g/mol. The normalized spacial score (nSPS) is 20.5. The summed E-state index contributed by atoms with van der Waals surface area (Å²) < 4.78 is 17.5. The van der Waals surface area contributed by atoms with Gasteiger partial charge in [0.15, 0.2) is 17.5 Å². The van der Waals surface area contributed by atoms with Gasteiger partial charge in [0.05, 0.1) is 6.54 Å². The monoisotopic (exact) mass is 409 g/mol. The Labute approximate surface area is 178 Å². The maximum absolute atomic E-state index is 6.04. The molecule has 2 aromatic rings. The maximum Gasteiger partial charge on any atom is 0.191 e. The molecule has 4 rings (SSSR count). The van der Waals surface area contributed by atoms with Crippen LogP contribution in [0.15, 0.2) is 53.5 Å². The Hall–Kier alpha value is -2.73. The number of para-hydroxylation sites is 2. The Balaban J connectivity index is 1.37. The molecular formula is C24H31N3O3. The lowest BCUT2D eigenvalue weighted by molar-refractivity contribution is 0.0511. The number of hydrogen-bond acceptors (Lipinski definition) is 4. The van der Waals surface area contributed by atoms with Crippen molar-refractivity contribution >= 4 is 5.96 Å². The fourth-order valence-electron chi connectivity index (χ4n) is 4.32. The molecule has 2 heterocycles. The van der Waals surface area contributed by atoms with Gasteiger partial charge in [-0.25, -0.2) is 0 Å². The van der Waals surface area contributed by atoms with Crippen molar-refractivity contribution in [2.24, 2.45) is 4.99 Å². The van der Waals surface area contributed by atoms with E-state index in [0.29, 0.717) is 13.2 Å². The zero-order chi connectivity index (χ0) is 20.8. The van der Waals surface area contributed by atoms with Crippen LogP contribution in [0.4, 0.5) is 0 Å². The number of ether oxygens (including phenoxy) is 3. The van der Waals surface area contributed by atoms with Crippen LogP contribution in [-0.4, -0.2) is 52.0 Å². The predicted octanol–water partition coefficient (Wildman–Crippen LogP) is 3.05. The number of aryl methyl sites for hydroxylation is 1. The topological polar surface area (TPSA) is 64.1 Å². The van der Waals surface area contributed by atoms with Crippen LogP contribution in [0, 0.1) is 6.92 Å². The largest absolute Gasteiger partial charge is 0.486 e. The Morgan fingerprint density at radius 2 is 1.77 bits per heavy atom. The van der Waals surface area contributed by atoms with Crippen LogP contribution in [0.25, 0.3) is 0 Å². The molecule has 2 N–H and O–H groups in total. The van der Waals surface area contributed by atoms with Crippen molar-refractivity contribution < 1.29 is 14.2 Å². The minimum absolute atomic E-state index is 0.0462. The summed E-state index contributed by atoms with van der Waals surface area (Å²) in [5, 5.41) is 6.95. The number of rotatable bonds is 5. The molecular weight excluding hydrogens is 378 g/mol. The minimum Gasteiger partial charge on any atom is -0.486 e. The SMILES string of the molecule is CN=C(NCC1COc2ccccc2O1)NCC1(c2ccccc2C)CCOCC1. The van der Waals surface area contributed by atoms with Crippen LogP contribution >= 0.6 is 0 Å². The summed E-state index contributed by atoms with van der Waals surface area (Å²) in [6.07, 6.45) is 1.93. The van der Waals surface area contributed by atoms with Crippen molar-refractivity contribution in [1.29, 1.82) is 0 Å². The lowest BCUT2D eigenvalue weighted by Gasteiger charge is -2.39. The smallest absolute Gasteiger partial charge is 0.191 e. The molecule has 1 fully saturated rings. The van der Waals surface area contributed by atoms with E-state index in [9.17, 15) is 0 Å². The molecule has 1 unspecified atom stereocenters. The Bertz CT molecular complexity index is 878. The molecule has 6 nitrogen and oxygen atoms in total. The first-order valence-electron chi connectivity index (χ1n) is 10.7. The highest BCUT2D eigenvalue weighted by Gasteiger charge is 2.35. The zero-order valence-electron chi connectivity index (χ0n) is 17.8. The molecule has 0 aromatic heterocycles. The van der Waals surface area contributed by atoms with Gasteiger partial charge in [-0.1, -0.05) is 36.4 Å². The number of aliphatic imine (C=N–C) groups is 1. The third kappa shape index (κ3) is 4.54. The summed E-state index contributed by atoms with van der Waals surface area (Å²) >= 11 is 0. The molecule has 2 aliphatic heterocycles. The summed E-state index contributed by atoms with van der Waals surface area (Å²) in [7, 11) is 1.80. The van der Waals surface area contributed by atoms with Gasteiger partial charge >= 0.3 is 0 Å². The number of guanidine groups is 1. The average Bonchev–Trinajstić information content (AvgIpc) is 2.80. The molecule has 6 heteroatoms. The van der Waals surface area contributed by atoms with Crippen LogP contribution in [0.3, 0.4) is 0 Å². The molecule has 160 valence electrons. The highest BCUT2D eigenvalue weighted by atomic mass is 16.6. The van der Waals surface area contributed by atoms with Crippen molar-refractivity contribution in [2.45, 2.75) is 31.3 Å². The van der Waals surface area contributed by atoms with Gasteiger partial charge in [0, 0.05) is 32.2 Å². The van der Waals surface area contributed by atoms with E-state index in [4.69, 9.17) is 14.2 Å². The van der Waals surface area contributed by atoms with E-state index in [1.54, 1.807) is 7.05 Å². The zero-order valence-corrected chi connectivity index (χ0v) is 17.8. The van der Waals surface area contributed by atoms with Crippen molar-refractivity contribution in [1.82, 2.24) is 10.6 Å². The van der Waals surface area contributed by atoms with E-state index in [0.717, 1.165) is 50.1 Å². The third-order valence-electron chi connectivity index (χ3n) is 6.05. The lowest BCUT2D eigenvalue weighted by atomic mass is 9.72. The first-order chi connectivity index (χ1) is 14.7. The highest BCUT2D eigenvalue weighted by Crippen LogP contribution is 2.36. The molecule has 30 heavy (non-hydrogen) atoms. The first kappa shape index (κ1) is 20.5. The van der Waals surface area contributed by atoms with E-state index in [-0.39, 0.29) is 11.5 Å².